The van der Waals surface area contributed by atoms with Crippen LogP contribution in [-0.2, 0) is 21.4 Å². The van der Waals surface area contributed by atoms with Crippen molar-refractivity contribution in [3.05, 3.63) is 41.9 Å². The monoisotopic (exact) mass is 346 g/mol. The number of benzene rings is 1. The molecule has 1 aliphatic rings. The number of hydrogen-bond acceptors (Lipinski definition) is 6. The second kappa shape index (κ2) is 7.16. The number of esters is 1. The zero-order valence-corrected chi connectivity index (χ0v) is 15.6. The molecule has 7 heteroatoms. The first-order valence-corrected chi connectivity index (χ1v) is 8.06. The number of nitrogens with two attached hydrogens (primary N) is 1. The average molecular weight is 346 g/mol. The minimum absolute atomic E-state index is 0.174. The SMILES string of the molecule is CC1=C(C(=O)OC(C)(C)C)ONN1c1cn(C)c2ccccc12.CN. The number of hydrazine groups is 1. The molecule has 1 aliphatic heterocycles. The summed E-state index contributed by atoms with van der Waals surface area (Å²) in [5.41, 5.74) is 9.40. The van der Waals surface area contributed by atoms with Gasteiger partial charge in [0.05, 0.1) is 11.4 Å². The van der Waals surface area contributed by atoms with Crippen molar-refractivity contribution in [2.24, 2.45) is 12.8 Å². The fourth-order valence-corrected chi connectivity index (χ4v) is 2.58. The summed E-state index contributed by atoms with van der Waals surface area (Å²) in [6, 6.07) is 8.06. The number of hydrogen-bond donors (Lipinski definition) is 2. The maximum atomic E-state index is 12.2. The number of rotatable bonds is 2. The van der Waals surface area contributed by atoms with Crippen LogP contribution in [0.15, 0.2) is 41.9 Å². The Bertz CT molecular complexity index is 802. The van der Waals surface area contributed by atoms with Crippen molar-refractivity contribution >= 4 is 22.6 Å². The van der Waals surface area contributed by atoms with Gasteiger partial charge in [0.25, 0.3) is 5.76 Å². The van der Waals surface area contributed by atoms with Crippen LogP contribution in [0.1, 0.15) is 27.7 Å². The third-order valence-corrected chi connectivity index (χ3v) is 3.60. The second-order valence-corrected chi connectivity index (χ2v) is 6.59. The van der Waals surface area contributed by atoms with E-state index in [0.29, 0.717) is 5.70 Å². The normalized spacial score (nSPS) is 14.3. The van der Waals surface area contributed by atoms with Crippen LogP contribution in [0.3, 0.4) is 0 Å². The van der Waals surface area contributed by atoms with Gasteiger partial charge in [0.2, 0.25) is 0 Å². The van der Waals surface area contributed by atoms with Gasteiger partial charge in [0, 0.05) is 24.1 Å². The van der Waals surface area contributed by atoms with Gasteiger partial charge in [0.15, 0.2) is 0 Å². The molecule has 0 saturated heterocycles. The zero-order chi connectivity index (χ0) is 18.8. The number of carbonyl (C=O) groups excluding carboxylic acids is 1. The Balaban J connectivity index is 0.00000109. The molecule has 0 unspecified atom stereocenters. The lowest BCUT2D eigenvalue weighted by Gasteiger charge is -2.19. The van der Waals surface area contributed by atoms with Crippen molar-refractivity contribution in [2.45, 2.75) is 33.3 Å². The number of aryl methyl sites for hydroxylation is 1. The minimum Gasteiger partial charge on any atom is -0.454 e. The number of carbonyl (C=O) groups is 1. The Morgan fingerprint density at radius 1 is 1.24 bits per heavy atom. The number of aromatic nitrogens is 1. The first-order chi connectivity index (χ1) is 11.8. The summed E-state index contributed by atoms with van der Waals surface area (Å²) in [6.07, 6.45) is 1.99. The van der Waals surface area contributed by atoms with Gasteiger partial charge in [-0.25, -0.2) is 9.80 Å². The van der Waals surface area contributed by atoms with Crippen LogP contribution < -0.4 is 16.3 Å². The van der Waals surface area contributed by atoms with Crippen LogP contribution in [0.25, 0.3) is 10.9 Å². The highest BCUT2D eigenvalue weighted by atomic mass is 16.7. The largest absolute Gasteiger partial charge is 0.454 e. The molecular formula is C18H26N4O3. The van der Waals surface area contributed by atoms with E-state index in [2.05, 4.69) is 11.3 Å². The van der Waals surface area contributed by atoms with Crippen LogP contribution in [0.4, 0.5) is 5.69 Å². The maximum absolute atomic E-state index is 12.2. The number of nitrogens with one attached hydrogen (secondary N) is 1. The standard InChI is InChI=1S/C17H21N3O3.CH5N/c1-11-15(16(21)22-17(2,3)4)23-18-20(11)14-10-19(5)13-9-7-6-8-12(13)14;1-2/h6-10,18H,1-5H3;2H2,1H3. The summed E-state index contributed by atoms with van der Waals surface area (Å²) in [4.78, 5) is 17.6. The van der Waals surface area contributed by atoms with Crippen molar-refractivity contribution in [2.75, 3.05) is 12.1 Å². The number of ether oxygens (including phenoxy) is 1. The highest BCUT2D eigenvalue weighted by molar-refractivity contribution is 5.95. The van der Waals surface area contributed by atoms with E-state index in [0.717, 1.165) is 16.6 Å². The summed E-state index contributed by atoms with van der Waals surface area (Å²) in [6.45, 7) is 7.30. The summed E-state index contributed by atoms with van der Waals surface area (Å²) in [5, 5.41) is 2.82. The van der Waals surface area contributed by atoms with E-state index in [1.54, 1.807) is 5.01 Å². The number of anilines is 1. The van der Waals surface area contributed by atoms with E-state index in [1.807, 2.05) is 69.8 Å². The van der Waals surface area contributed by atoms with E-state index in [4.69, 9.17) is 9.57 Å². The minimum atomic E-state index is -0.569. The number of nitrogens with zero attached hydrogens (tertiary/aromatic N) is 2. The van der Waals surface area contributed by atoms with Crippen LogP contribution in [-0.4, -0.2) is 23.2 Å². The predicted molar refractivity (Wildman–Crippen MR) is 98.3 cm³/mol. The molecule has 7 nitrogen and oxygen atoms in total. The van der Waals surface area contributed by atoms with Gasteiger partial charge in [-0.15, -0.1) is 0 Å². The van der Waals surface area contributed by atoms with Gasteiger partial charge >= 0.3 is 5.97 Å². The van der Waals surface area contributed by atoms with Crippen LogP contribution in [0.5, 0.6) is 0 Å². The first kappa shape index (κ1) is 18.8. The van der Waals surface area contributed by atoms with Gasteiger partial charge in [-0.1, -0.05) is 23.8 Å². The fraction of sp³-hybridized carbons (Fsp3) is 0.389. The summed E-state index contributed by atoms with van der Waals surface area (Å²) in [5.74, 6) is -0.307. The number of allylic oxidation sites excluding steroid dienone is 1. The molecule has 1 aromatic heterocycles. The summed E-state index contributed by atoms with van der Waals surface area (Å²) < 4.78 is 7.41. The van der Waals surface area contributed by atoms with Gasteiger partial charge in [-0.3, -0.25) is 0 Å². The van der Waals surface area contributed by atoms with Gasteiger partial charge in [0.1, 0.15) is 5.60 Å². The predicted octanol–water partition coefficient (Wildman–Crippen LogP) is 2.58. The lowest BCUT2D eigenvalue weighted by atomic mass is 10.2. The summed E-state index contributed by atoms with van der Waals surface area (Å²) in [7, 11) is 3.48. The molecule has 0 radical (unpaired) electrons. The van der Waals surface area contributed by atoms with E-state index in [9.17, 15) is 4.79 Å². The molecule has 0 atom stereocenters. The van der Waals surface area contributed by atoms with Crippen LogP contribution >= 0.6 is 0 Å². The topological polar surface area (TPSA) is 81.8 Å². The molecule has 136 valence electrons. The van der Waals surface area contributed by atoms with E-state index < -0.39 is 11.6 Å². The lowest BCUT2D eigenvalue weighted by Crippen LogP contribution is -2.29. The molecule has 25 heavy (non-hydrogen) atoms. The molecule has 2 aromatic rings. The second-order valence-electron chi connectivity index (χ2n) is 6.59. The molecule has 0 fully saturated rings. The first-order valence-electron chi connectivity index (χ1n) is 8.06. The van der Waals surface area contributed by atoms with E-state index >= 15 is 0 Å². The highest BCUT2D eigenvalue weighted by Gasteiger charge is 2.32. The van der Waals surface area contributed by atoms with Gasteiger partial charge in [-0.2, -0.15) is 0 Å². The quantitative estimate of drug-likeness (QED) is 0.814. The van der Waals surface area contributed by atoms with E-state index in [-0.39, 0.29) is 5.76 Å². The number of para-hydroxylation sites is 1. The maximum Gasteiger partial charge on any atom is 0.378 e. The van der Waals surface area contributed by atoms with Crippen molar-refractivity contribution in [1.29, 1.82) is 0 Å². The summed E-state index contributed by atoms with van der Waals surface area (Å²) >= 11 is 0. The third-order valence-electron chi connectivity index (χ3n) is 3.60. The third kappa shape index (κ3) is 3.78. The molecule has 0 amide bonds. The molecule has 2 heterocycles. The highest BCUT2D eigenvalue weighted by Crippen LogP contribution is 2.33. The van der Waals surface area contributed by atoms with Crippen LogP contribution in [0.2, 0.25) is 0 Å². The smallest absolute Gasteiger partial charge is 0.378 e. The fourth-order valence-electron chi connectivity index (χ4n) is 2.58. The van der Waals surface area contributed by atoms with Crippen molar-refractivity contribution in [3.8, 4) is 0 Å². The van der Waals surface area contributed by atoms with E-state index in [1.165, 1.54) is 7.05 Å². The van der Waals surface area contributed by atoms with Gasteiger partial charge < -0.3 is 19.9 Å². The lowest BCUT2D eigenvalue weighted by molar-refractivity contribution is -0.154. The van der Waals surface area contributed by atoms with Crippen molar-refractivity contribution in [1.82, 2.24) is 10.2 Å². The Hall–Kier alpha value is -2.51. The van der Waals surface area contributed by atoms with Gasteiger partial charge in [-0.05, 0) is 40.8 Å². The molecule has 1 aromatic carbocycles. The Morgan fingerprint density at radius 2 is 1.88 bits per heavy atom. The zero-order valence-electron chi connectivity index (χ0n) is 15.6. The molecule has 0 saturated carbocycles. The molecule has 0 aliphatic carbocycles. The molecular weight excluding hydrogens is 320 g/mol. The van der Waals surface area contributed by atoms with Crippen molar-refractivity contribution in [3.63, 3.8) is 0 Å². The Labute approximate surface area is 147 Å². The molecule has 0 bridgehead atoms. The Kier molecular flexibility index (Phi) is 5.39. The molecule has 3 rings (SSSR count). The molecule has 3 N–H and O–H groups in total. The molecule has 0 spiro atoms. The van der Waals surface area contributed by atoms with Crippen molar-refractivity contribution < 1.29 is 14.4 Å². The average Bonchev–Trinajstić information content (AvgIpc) is 3.09. The Morgan fingerprint density at radius 3 is 2.52 bits per heavy atom. The van der Waals surface area contributed by atoms with Crippen LogP contribution in [0, 0.1) is 0 Å². The number of fused-ring (bicyclic) bond motifs is 1.